The van der Waals surface area contributed by atoms with E-state index in [0.717, 1.165) is 0 Å². The van der Waals surface area contributed by atoms with Crippen molar-refractivity contribution in [2.24, 2.45) is 0 Å². The van der Waals surface area contributed by atoms with E-state index in [1.54, 1.807) is 25.1 Å². The van der Waals surface area contributed by atoms with E-state index < -0.39 is 16.6 Å². The Balaban J connectivity index is 1.92. The third kappa shape index (κ3) is 3.72. The Labute approximate surface area is 161 Å². The van der Waals surface area contributed by atoms with Crippen LogP contribution in [0.5, 0.6) is 0 Å². The molecule has 0 atom stereocenters. The molecule has 132 valence electrons. The van der Waals surface area contributed by atoms with Gasteiger partial charge in [-0.1, -0.05) is 0 Å². The molecule has 1 amide bonds. The minimum Gasteiger partial charge on any atom is -0.306 e. The molecule has 0 bridgehead atoms. The highest BCUT2D eigenvalue weighted by molar-refractivity contribution is 14.1. The molecule has 3 rings (SSSR count). The highest BCUT2D eigenvalue weighted by Crippen LogP contribution is 2.22. The van der Waals surface area contributed by atoms with E-state index in [2.05, 4.69) is 10.4 Å². The average Bonchev–Trinajstić information content (AvgIpc) is 2.95. The molecule has 1 heterocycles. The maximum atomic E-state index is 13.2. The number of aromatic nitrogens is 2. The first-order valence-corrected chi connectivity index (χ1v) is 8.51. The fourth-order valence-corrected chi connectivity index (χ4v) is 3.08. The lowest BCUT2D eigenvalue weighted by Gasteiger charge is -2.10. The van der Waals surface area contributed by atoms with Crippen LogP contribution in [-0.2, 0) is 0 Å². The van der Waals surface area contributed by atoms with Crippen LogP contribution in [0.3, 0.4) is 0 Å². The second-order valence-electron chi connectivity index (χ2n) is 5.43. The molecular weight excluding hydrogens is 454 g/mol. The quantitative estimate of drug-likeness (QED) is 0.357. The predicted molar refractivity (Wildman–Crippen MR) is 102 cm³/mol. The first-order chi connectivity index (χ1) is 12.3. The van der Waals surface area contributed by atoms with E-state index in [1.165, 1.54) is 35.0 Å². The van der Waals surface area contributed by atoms with Gasteiger partial charge < -0.3 is 5.32 Å². The molecule has 1 aromatic heterocycles. The molecule has 7 nitrogen and oxygen atoms in total. The van der Waals surface area contributed by atoms with Crippen molar-refractivity contribution in [1.29, 1.82) is 0 Å². The summed E-state index contributed by atoms with van der Waals surface area (Å²) in [5, 5.41) is 17.8. The molecule has 1 N–H and O–H groups in total. The molecule has 0 aliphatic heterocycles. The molecular formula is C17H12FIN4O3. The van der Waals surface area contributed by atoms with Gasteiger partial charge in [0.2, 0.25) is 0 Å². The number of anilines is 1. The third-order valence-corrected chi connectivity index (χ3v) is 4.45. The Morgan fingerprint density at radius 1 is 1.23 bits per heavy atom. The van der Waals surface area contributed by atoms with Gasteiger partial charge in [0.25, 0.3) is 11.6 Å². The molecule has 9 heteroatoms. The highest BCUT2D eigenvalue weighted by Gasteiger charge is 2.15. The van der Waals surface area contributed by atoms with Gasteiger partial charge in [0.1, 0.15) is 11.6 Å². The van der Waals surface area contributed by atoms with Gasteiger partial charge >= 0.3 is 0 Å². The number of halogens is 2. The molecule has 0 fully saturated rings. The smallest absolute Gasteiger partial charge is 0.269 e. The standard InChI is InChI=1S/C17H12FIN4O3/c1-10-8-16(20-17(24)14-7-2-11(18)9-15(14)19)22(21-10)12-3-5-13(6-4-12)23(25)26/h2-9H,1H3,(H,20,24). The lowest BCUT2D eigenvalue weighted by Crippen LogP contribution is -2.16. The fraction of sp³-hybridized carbons (Fsp3) is 0.0588. The van der Waals surface area contributed by atoms with Crippen LogP contribution in [0.25, 0.3) is 5.69 Å². The molecule has 2 aromatic carbocycles. The number of rotatable bonds is 4. The number of nitrogens with zero attached hydrogens (tertiary/aromatic N) is 3. The van der Waals surface area contributed by atoms with E-state index in [1.807, 2.05) is 22.6 Å². The molecule has 0 radical (unpaired) electrons. The summed E-state index contributed by atoms with van der Waals surface area (Å²) >= 11 is 1.89. The number of amides is 1. The Hall–Kier alpha value is -2.82. The lowest BCUT2D eigenvalue weighted by molar-refractivity contribution is -0.384. The number of carbonyl (C=O) groups is 1. The van der Waals surface area contributed by atoms with Gasteiger partial charge in [-0.15, -0.1) is 0 Å². The number of non-ortho nitro benzene ring substituents is 1. The van der Waals surface area contributed by atoms with Gasteiger partial charge in [-0.3, -0.25) is 14.9 Å². The zero-order valence-electron chi connectivity index (χ0n) is 13.4. The fourth-order valence-electron chi connectivity index (χ4n) is 2.36. The summed E-state index contributed by atoms with van der Waals surface area (Å²) in [5.41, 5.74) is 1.52. The number of hydrogen-bond donors (Lipinski definition) is 1. The monoisotopic (exact) mass is 466 g/mol. The van der Waals surface area contributed by atoms with E-state index in [-0.39, 0.29) is 5.69 Å². The summed E-state index contributed by atoms with van der Waals surface area (Å²) in [5.74, 6) is -0.420. The maximum Gasteiger partial charge on any atom is 0.269 e. The number of benzene rings is 2. The van der Waals surface area contributed by atoms with Crippen LogP contribution < -0.4 is 5.32 Å². The first-order valence-electron chi connectivity index (χ1n) is 7.43. The van der Waals surface area contributed by atoms with Gasteiger partial charge in [-0.25, -0.2) is 9.07 Å². The number of hydrogen-bond acceptors (Lipinski definition) is 4. The summed E-state index contributed by atoms with van der Waals surface area (Å²) in [6.45, 7) is 1.76. The van der Waals surface area contributed by atoms with Gasteiger partial charge in [-0.05, 0) is 59.8 Å². The summed E-state index contributed by atoms with van der Waals surface area (Å²) in [6.07, 6.45) is 0. The largest absolute Gasteiger partial charge is 0.306 e. The molecule has 26 heavy (non-hydrogen) atoms. The molecule has 3 aromatic rings. The van der Waals surface area contributed by atoms with Gasteiger partial charge in [0, 0.05) is 21.8 Å². The Bertz CT molecular complexity index is 1000. The van der Waals surface area contributed by atoms with Crippen LogP contribution in [-0.4, -0.2) is 20.6 Å². The second kappa shape index (κ2) is 7.20. The van der Waals surface area contributed by atoms with E-state index in [0.29, 0.717) is 26.3 Å². The van der Waals surface area contributed by atoms with Crippen molar-refractivity contribution in [2.45, 2.75) is 6.92 Å². The highest BCUT2D eigenvalue weighted by atomic mass is 127. The molecule has 0 aliphatic carbocycles. The van der Waals surface area contributed by atoms with Crippen molar-refractivity contribution in [3.8, 4) is 5.69 Å². The normalized spacial score (nSPS) is 10.6. The topological polar surface area (TPSA) is 90.1 Å². The van der Waals surface area contributed by atoms with Gasteiger partial charge in [0.05, 0.1) is 21.9 Å². The number of aryl methyl sites for hydroxylation is 1. The van der Waals surface area contributed by atoms with E-state index in [9.17, 15) is 19.3 Å². The van der Waals surface area contributed by atoms with Crippen molar-refractivity contribution in [3.63, 3.8) is 0 Å². The number of carbonyl (C=O) groups excluding carboxylic acids is 1. The third-order valence-electron chi connectivity index (χ3n) is 3.55. The molecule has 0 spiro atoms. The Kier molecular flexibility index (Phi) is 4.98. The van der Waals surface area contributed by atoms with Crippen molar-refractivity contribution in [2.75, 3.05) is 5.32 Å². The molecule has 0 saturated heterocycles. The molecule has 0 saturated carbocycles. The summed E-state index contributed by atoms with van der Waals surface area (Å²) in [6, 6.07) is 11.4. The van der Waals surface area contributed by atoms with Crippen molar-refractivity contribution in [3.05, 3.63) is 79.3 Å². The van der Waals surface area contributed by atoms with Crippen LogP contribution in [0.4, 0.5) is 15.9 Å². The summed E-state index contributed by atoms with van der Waals surface area (Å²) in [7, 11) is 0. The van der Waals surface area contributed by atoms with E-state index in [4.69, 9.17) is 0 Å². The van der Waals surface area contributed by atoms with Gasteiger partial charge in [0.15, 0.2) is 0 Å². The van der Waals surface area contributed by atoms with Crippen LogP contribution in [0.15, 0.2) is 48.5 Å². The van der Waals surface area contributed by atoms with Crippen LogP contribution in [0.2, 0.25) is 0 Å². The number of nitro groups is 1. The zero-order valence-corrected chi connectivity index (χ0v) is 15.6. The lowest BCUT2D eigenvalue weighted by atomic mass is 10.2. The van der Waals surface area contributed by atoms with Crippen LogP contribution >= 0.6 is 22.6 Å². The Morgan fingerprint density at radius 3 is 2.54 bits per heavy atom. The maximum absolute atomic E-state index is 13.2. The zero-order chi connectivity index (χ0) is 18.8. The summed E-state index contributed by atoms with van der Waals surface area (Å²) in [4.78, 5) is 22.8. The van der Waals surface area contributed by atoms with Gasteiger partial charge in [-0.2, -0.15) is 5.10 Å². The van der Waals surface area contributed by atoms with Crippen molar-refractivity contribution < 1.29 is 14.1 Å². The predicted octanol–water partition coefficient (Wildman–Crippen LogP) is 4.08. The van der Waals surface area contributed by atoms with E-state index >= 15 is 0 Å². The number of nitro benzene ring substituents is 1. The van der Waals surface area contributed by atoms with Crippen molar-refractivity contribution in [1.82, 2.24) is 9.78 Å². The molecule has 0 aliphatic rings. The number of nitrogens with one attached hydrogen (secondary N) is 1. The van der Waals surface area contributed by atoms with Crippen molar-refractivity contribution >= 4 is 40.0 Å². The summed E-state index contributed by atoms with van der Waals surface area (Å²) < 4.78 is 15.2. The SMILES string of the molecule is Cc1cc(NC(=O)c2ccc(F)cc2I)n(-c2ccc([N+](=O)[O-])cc2)n1. The minimum absolute atomic E-state index is 0.0379. The van der Waals surface area contributed by atoms with Crippen LogP contribution in [0.1, 0.15) is 16.1 Å². The second-order valence-corrected chi connectivity index (χ2v) is 6.60. The van der Waals surface area contributed by atoms with Crippen LogP contribution in [0, 0.1) is 26.4 Å². The Morgan fingerprint density at radius 2 is 1.92 bits per heavy atom. The average molecular weight is 466 g/mol. The molecule has 0 unspecified atom stereocenters. The first kappa shape index (κ1) is 18.0. The minimum atomic E-state index is -0.489.